The SMILES string of the molecule is CCN(CCN(CCN(C)CC(=O)O)CC(=O)CCc1ccc(COCC(=O)[C@H](N)Cc2cc3ccccc3[nH]2)cc1)CC(=O)O. The molecule has 1 atom stereocenters. The number of carbonyl (C=O) groups excluding carboxylic acids is 2. The highest BCUT2D eigenvalue weighted by molar-refractivity contribution is 5.86. The van der Waals surface area contributed by atoms with Gasteiger partial charge in [-0.25, -0.2) is 0 Å². The summed E-state index contributed by atoms with van der Waals surface area (Å²) in [6.45, 7) is 4.63. The Morgan fingerprint density at radius 2 is 1.52 bits per heavy atom. The van der Waals surface area contributed by atoms with Crippen LogP contribution in [0.2, 0.25) is 0 Å². The Balaban J connectivity index is 1.41. The Kier molecular flexibility index (Phi) is 15.0. The van der Waals surface area contributed by atoms with E-state index in [4.69, 9.17) is 20.7 Å². The molecule has 3 aromatic rings. The number of nitrogens with zero attached hydrogens (tertiary/aromatic N) is 3. The second kappa shape index (κ2) is 18.9. The van der Waals surface area contributed by atoms with E-state index >= 15 is 0 Å². The summed E-state index contributed by atoms with van der Waals surface area (Å²) >= 11 is 0. The molecule has 0 saturated carbocycles. The summed E-state index contributed by atoms with van der Waals surface area (Å²) in [5, 5.41) is 19.2. The molecule has 2 aromatic carbocycles. The predicted octanol–water partition coefficient (Wildman–Crippen LogP) is 2.05. The number of hydrogen-bond donors (Lipinski definition) is 4. The lowest BCUT2D eigenvalue weighted by Crippen LogP contribution is -2.43. The molecule has 12 nitrogen and oxygen atoms in total. The number of carboxylic acid groups (broad SMARTS) is 2. The molecule has 0 saturated heterocycles. The molecule has 0 bridgehead atoms. The van der Waals surface area contributed by atoms with Crippen molar-refractivity contribution in [3.63, 3.8) is 0 Å². The molecule has 0 unspecified atom stereocenters. The Labute approximate surface area is 270 Å². The number of nitrogens with one attached hydrogen (secondary N) is 1. The summed E-state index contributed by atoms with van der Waals surface area (Å²) in [5.74, 6) is -1.94. The van der Waals surface area contributed by atoms with Gasteiger partial charge in [0.05, 0.1) is 32.3 Å². The molecule has 0 aliphatic rings. The number of aromatic amines is 1. The van der Waals surface area contributed by atoms with Gasteiger partial charge in [0.1, 0.15) is 12.4 Å². The topological polar surface area (TPSA) is 170 Å². The number of Topliss-reactive ketones (excluding diaryl/α,β-unsaturated/α-hetero) is 2. The smallest absolute Gasteiger partial charge is 0.317 e. The molecule has 0 aliphatic heterocycles. The summed E-state index contributed by atoms with van der Waals surface area (Å²) < 4.78 is 5.64. The van der Waals surface area contributed by atoms with Gasteiger partial charge in [0.25, 0.3) is 0 Å². The summed E-state index contributed by atoms with van der Waals surface area (Å²) in [6.07, 6.45) is 1.31. The van der Waals surface area contributed by atoms with E-state index in [1.54, 1.807) is 16.8 Å². The molecular weight excluding hydrogens is 590 g/mol. The van der Waals surface area contributed by atoms with Crippen LogP contribution >= 0.6 is 0 Å². The standard InChI is InChI=1S/C34H47N5O7/c1-3-38(22-34(44)45)16-17-39(15-14-37(2)21-33(42)43)20-29(40)13-12-25-8-10-26(11-9-25)23-46-24-32(41)30(35)19-28-18-27-6-4-5-7-31(27)36-28/h4-11,18,30,36H,3,12-17,19-24,35H2,1-2H3,(H,42,43)(H,44,45)/t30-/m1/s1. The quantitative estimate of drug-likeness (QED) is 0.120. The minimum absolute atomic E-state index is 0.0527. The van der Waals surface area contributed by atoms with E-state index in [1.807, 2.05) is 66.4 Å². The second-order valence-corrected chi connectivity index (χ2v) is 11.7. The maximum absolute atomic E-state index is 12.9. The van der Waals surface area contributed by atoms with Crippen LogP contribution in [-0.2, 0) is 43.4 Å². The van der Waals surface area contributed by atoms with Crippen LogP contribution in [0, 0.1) is 0 Å². The highest BCUT2D eigenvalue weighted by Crippen LogP contribution is 2.16. The van der Waals surface area contributed by atoms with Crippen molar-refractivity contribution in [1.29, 1.82) is 0 Å². The number of aliphatic carboxylic acids is 2. The van der Waals surface area contributed by atoms with E-state index in [0.717, 1.165) is 27.7 Å². The number of fused-ring (bicyclic) bond motifs is 1. The fraction of sp³-hybridized carbons (Fsp3) is 0.471. The van der Waals surface area contributed by atoms with Gasteiger partial charge >= 0.3 is 11.9 Å². The molecule has 5 N–H and O–H groups in total. The lowest BCUT2D eigenvalue weighted by molar-refractivity contribution is -0.139. The molecule has 3 rings (SSSR count). The number of likely N-dealkylation sites (N-methyl/N-ethyl adjacent to an activating group) is 2. The van der Waals surface area contributed by atoms with Gasteiger partial charge in [0.15, 0.2) is 5.78 Å². The maximum Gasteiger partial charge on any atom is 0.317 e. The van der Waals surface area contributed by atoms with E-state index in [9.17, 15) is 19.2 Å². The van der Waals surface area contributed by atoms with Gasteiger partial charge in [0, 0.05) is 50.2 Å². The Bertz CT molecular complexity index is 1390. The van der Waals surface area contributed by atoms with Crippen LogP contribution in [0.25, 0.3) is 10.9 Å². The Morgan fingerprint density at radius 3 is 2.20 bits per heavy atom. The fourth-order valence-electron chi connectivity index (χ4n) is 5.10. The summed E-state index contributed by atoms with van der Waals surface area (Å²) in [7, 11) is 1.71. The average Bonchev–Trinajstić information content (AvgIpc) is 3.43. The fourth-order valence-corrected chi connectivity index (χ4v) is 5.10. The Hall–Kier alpha value is -3.94. The molecule has 0 amide bonds. The third kappa shape index (κ3) is 13.2. The summed E-state index contributed by atoms with van der Waals surface area (Å²) in [6, 6.07) is 17.0. The van der Waals surface area contributed by atoms with Crippen LogP contribution in [0.1, 0.15) is 30.2 Å². The van der Waals surface area contributed by atoms with Crippen molar-refractivity contribution in [2.45, 2.75) is 38.8 Å². The number of carboxylic acids is 2. The molecule has 0 aliphatic carbocycles. The third-order valence-electron chi connectivity index (χ3n) is 7.81. The average molecular weight is 638 g/mol. The number of benzene rings is 2. The first-order chi connectivity index (χ1) is 22.0. The predicted molar refractivity (Wildman–Crippen MR) is 176 cm³/mol. The monoisotopic (exact) mass is 637 g/mol. The normalized spacial score (nSPS) is 12.3. The molecule has 0 spiro atoms. The lowest BCUT2D eigenvalue weighted by atomic mass is 10.1. The molecule has 0 fully saturated rings. The first kappa shape index (κ1) is 36.5. The number of H-pyrrole nitrogens is 1. The highest BCUT2D eigenvalue weighted by Gasteiger charge is 2.17. The number of ketones is 2. The van der Waals surface area contributed by atoms with Crippen molar-refractivity contribution in [2.75, 3.05) is 66.0 Å². The maximum atomic E-state index is 12.9. The molecule has 0 radical (unpaired) electrons. The van der Waals surface area contributed by atoms with Crippen LogP contribution < -0.4 is 5.73 Å². The molecule has 1 aromatic heterocycles. The number of aromatic nitrogens is 1. The number of carbonyl (C=O) groups is 4. The van der Waals surface area contributed by atoms with E-state index < -0.39 is 18.0 Å². The van der Waals surface area contributed by atoms with E-state index in [1.165, 1.54) is 0 Å². The van der Waals surface area contributed by atoms with Gasteiger partial charge in [-0.2, -0.15) is 0 Å². The van der Waals surface area contributed by atoms with Crippen LogP contribution in [0.3, 0.4) is 0 Å². The number of ether oxygens (including phenoxy) is 1. The zero-order valence-corrected chi connectivity index (χ0v) is 26.8. The first-order valence-corrected chi connectivity index (χ1v) is 15.6. The number of rotatable bonds is 23. The van der Waals surface area contributed by atoms with E-state index in [0.29, 0.717) is 52.0 Å². The number of aryl methyl sites for hydroxylation is 1. The number of nitrogens with two attached hydrogens (primary N) is 1. The van der Waals surface area contributed by atoms with Gasteiger partial charge < -0.3 is 25.7 Å². The van der Waals surface area contributed by atoms with Crippen LogP contribution in [0.4, 0.5) is 0 Å². The number of para-hydroxylation sites is 1. The van der Waals surface area contributed by atoms with Gasteiger partial charge in [0.2, 0.25) is 0 Å². The first-order valence-electron chi connectivity index (χ1n) is 15.6. The van der Waals surface area contributed by atoms with Gasteiger partial charge in [-0.15, -0.1) is 0 Å². The van der Waals surface area contributed by atoms with Crippen LogP contribution in [0.5, 0.6) is 0 Å². The van der Waals surface area contributed by atoms with Crippen molar-refractivity contribution < 1.29 is 34.1 Å². The zero-order valence-electron chi connectivity index (χ0n) is 26.8. The highest BCUT2D eigenvalue weighted by atomic mass is 16.5. The third-order valence-corrected chi connectivity index (χ3v) is 7.81. The Morgan fingerprint density at radius 1 is 0.870 bits per heavy atom. The van der Waals surface area contributed by atoms with Crippen molar-refractivity contribution in [3.8, 4) is 0 Å². The van der Waals surface area contributed by atoms with Crippen molar-refractivity contribution in [1.82, 2.24) is 19.7 Å². The van der Waals surface area contributed by atoms with Crippen molar-refractivity contribution >= 4 is 34.4 Å². The summed E-state index contributed by atoms with van der Waals surface area (Å²) in [4.78, 5) is 56.3. The molecule has 12 heteroatoms. The van der Waals surface area contributed by atoms with Crippen molar-refractivity contribution in [2.24, 2.45) is 5.73 Å². The number of hydrogen-bond acceptors (Lipinski definition) is 9. The summed E-state index contributed by atoms with van der Waals surface area (Å²) in [5.41, 5.74) is 9.96. The molecule has 250 valence electrons. The van der Waals surface area contributed by atoms with Crippen molar-refractivity contribution in [3.05, 3.63) is 71.4 Å². The second-order valence-electron chi connectivity index (χ2n) is 11.7. The van der Waals surface area contributed by atoms with E-state index in [2.05, 4.69) is 4.98 Å². The van der Waals surface area contributed by atoms with Gasteiger partial charge in [-0.1, -0.05) is 49.4 Å². The lowest BCUT2D eigenvalue weighted by Gasteiger charge is -2.27. The molecule has 1 heterocycles. The van der Waals surface area contributed by atoms with Gasteiger partial charge in [-0.05, 0) is 48.7 Å². The zero-order chi connectivity index (χ0) is 33.5. The van der Waals surface area contributed by atoms with Crippen LogP contribution in [0.15, 0.2) is 54.6 Å². The largest absolute Gasteiger partial charge is 0.480 e. The van der Waals surface area contributed by atoms with Gasteiger partial charge in [-0.3, -0.25) is 33.9 Å². The minimum Gasteiger partial charge on any atom is -0.480 e. The van der Waals surface area contributed by atoms with E-state index in [-0.39, 0.29) is 44.4 Å². The minimum atomic E-state index is -0.920. The molecule has 46 heavy (non-hydrogen) atoms. The van der Waals surface area contributed by atoms with Crippen LogP contribution in [-0.4, -0.2) is 125 Å². The molecular formula is C34H47N5O7.